The molecule has 0 aliphatic heterocycles. The number of hydrogen-bond acceptors (Lipinski definition) is 2. The molecule has 4 nitrogen and oxygen atoms in total. The van der Waals surface area contributed by atoms with E-state index >= 15 is 0 Å². The third-order valence-corrected chi connectivity index (χ3v) is 5.52. The van der Waals surface area contributed by atoms with Gasteiger partial charge in [0.25, 0.3) is 0 Å². The number of benzene rings is 2. The topological polar surface area (TPSA) is 35.6 Å². The first-order valence-electron chi connectivity index (χ1n) is 10.4. The Bertz CT molecular complexity index is 1050. The molecule has 0 aliphatic carbocycles. The van der Waals surface area contributed by atoms with Crippen molar-refractivity contribution >= 4 is 0 Å². The summed E-state index contributed by atoms with van der Waals surface area (Å²) in [7, 11) is 0. The van der Waals surface area contributed by atoms with Crippen molar-refractivity contribution in [2.45, 2.75) is 52.4 Å². The Kier molecular flexibility index (Phi) is 4.89. The lowest BCUT2D eigenvalue weighted by molar-refractivity contribution is 0.589. The summed E-state index contributed by atoms with van der Waals surface area (Å²) in [6.07, 6.45) is 7.65. The molecule has 0 fully saturated rings. The molecule has 2 aromatic heterocycles. The van der Waals surface area contributed by atoms with E-state index in [2.05, 4.69) is 88.1 Å². The predicted molar refractivity (Wildman–Crippen MR) is 124 cm³/mol. The van der Waals surface area contributed by atoms with Gasteiger partial charge in [0.05, 0.1) is 11.4 Å². The van der Waals surface area contributed by atoms with Crippen molar-refractivity contribution < 1.29 is 0 Å². The fraction of sp³-hybridized carbons (Fsp3) is 0.308. The molecule has 0 unspecified atom stereocenters. The Balaban J connectivity index is 1.99. The van der Waals surface area contributed by atoms with E-state index in [1.54, 1.807) is 0 Å². The molecule has 154 valence electrons. The van der Waals surface area contributed by atoms with Crippen LogP contribution in [0.1, 0.15) is 52.7 Å². The first kappa shape index (κ1) is 20.1. The van der Waals surface area contributed by atoms with Gasteiger partial charge in [0.1, 0.15) is 0 Å². The minimum absolute atomic E-state index is 0.0569. The molecule has 0 saturated heterocycles. The summed E-state index contributed by atoms with van der Waals surface area (Å²) in [6, 6.07) is 17.3. The van der Waals surface area contributed by atoms with Crippen molar-refractivity contribution in [3.63, 3.8) is 0 Å². The highest BCUT2D eigenvalue weighted by Gasteiger charge is 2.21. The van der Waals surface area contributed by atoms with E-state index in [4.69, 9.17) is 0 Å². The van der Waals surface area contributed by atoms with Crippen molar-refractivity contribution in [1.82, 2.24) is 19.6 Å². The SMILES string of the molecule is CC(C)(C)c1ccc(-c2ccc(C(C)(C)C)cc2-n2cccn2)c(-n2cccn2)c1. The maximum absolute atomic E-state index is 4.54. The number of hydrogen-bond donors (Lipinski definition) is 0. The molecule has 2 heterocycles. The lowest BCUT2D eigenvalue weighted by Crippen LogP contribution is -2.14. The molecule has 4 aromatic rings. The van der Waals surface area contributed by atoms with E-state index in [1.807, 2.05) is 46.3 Å². The summed E-state index contributed by atoms with van der Waals surface area (Å²) in [5, 5.41) is 9.08. The molecular weight excluding hydrogens is 368 g/mol. The largest absolute Gasteiger partial charge is 0.240 e. The number of rotatable bonds is 3. The molecule has 0 saturated carbocycles. The molecule has 0 amide bonds. The highest BCUT2D eigenvalue weighted by Crippen LogP contribution is 2.37. The van der Waals surface area contributed by atoms with Gasteiger partial charge in [0.2, 0.25) is 0 Å². The minimum Gasteiger partial charge on any atom is -0.240 e. The van der Waals surface area contributed by atoms with Crippen LogP contribution in [0.2, 0.25) is 0 Å². The van der Waals surface area contributed by atoms with Crippen molar-refractivity contribution in [3.8, 4) is 22.5 Å². The first-order chi connectivity index (χ1) is 14.1. The molecule has 0 N–H and O–H groups in total. The third-order valence-electron chi connectivity index (χ3n) is 5.52. The van der Waals surface area contributed by atoms with E-state index in [9.17, 15) is 0 Å². The highest BCUT2D eigenvalue weighted by molar-refractivity contribution is 5.80. The van der Waals surface area contributed by atoms with Crippen LogP contribution in [0.25, 0.3) is 22.5 Å². The van der Waals surface area contributed by atoms with Crippen LogP contribution in [-0.4, -0.2) is 19.6 Å². The van der Waals surface area contributed by atoms with Gasteiger partial charge in [-0.3, -0.25) is 0 Å². The van der Waals surface area contributed by atoms with Gasteiger partial charge < -0.3 is 0 Å². The van der Waals surface area contributed by atoms with Crippen LogP contribution in [-0.2, 0) is 10.8 Å². The van der Waals surface area contributed by atoms with E-state index in [0.717, 1.165) is 22.5 Å². The Labute approximate surface area is 179 Å². The number of nitrogens with zero attached hydrogens (tertiary/aromatic N) is 4. The summed E-state index contributed by atoms with van der Waals surface area (Å²) in [5.41, 5.74) is 7.10. The average molecular weight is 399 g/mol. The van der Waals surface area contributed by atoms with Crippen molar-refractivity contribution in [3.05, 3.63) is 84.4 Å². The van der Waals surface area contributed by atoms with Crippen LogP contribution >= 0.6 is 0 Å². The Morgan fingerprint density at radius 2 is 1.00 bits per heavy atom. The smallest absolute Gasteiger partial charge is 0.0727 e. The first-order valence-corrected chi connectivity index (χ1v) is 10.4. The molecule has 0 bridgehead atoms. The Hall–Kier alpha value is -3.14. The van der Waals surface area contributed by atoms with E-state index < -0.39 is 0 Å². The van der Waals surface area contributed by atoms with Gasteiger partial charge in [-0.2, -0.15) is 10.2 Å². The van der Waals surface area contributed by atoms with Crippen LogP contribution in [0.5, 0.6) is 0 Å². The molecular formula is C26H30N4. The second-order valence-electron chi connectivity index (χ2n) is 9.87. The molecule has 0 aliphatic rings. The van der Waals surface area contributed by atoms with E-state index in [-0.39, 0.29) is 10.8 Å². The van der Waals surface area contributed by atoms with Gasteiger partial charge in [-0.25, -0.2) is 9.36 Å². The van der Waals surface area contributed by atoms with Gasteiger partial charge in [0.15, 0.2) is 0 Å². The second kappa shape index (κ2) is 7.28. The van der Waals surface area contributed by atoms with E-state index in [0.29, 0.717) is 0 Å². The summed E-state index contributed by atoms with van der Waals surface area (Å²) in [6.45, 7) is 13.4. The molecule has 30 heavy (non-hydrogen) atoms. The quantitative estimate of drug-likeness (QED) is 0.405. The molecule has 2 aromatic carbocycles. The second-order valence-corrected chi connectivity index (χ2v) is 9.87. The maximum Gasteiger partial charge on any atom is 0.0727 e. The van der Waals surface area contributed by atoms with Crippen LogP contribution < -0.4 is 0 Å². The monoisotopic (exact) mass is 398 g/mol. The van der Waals surface area contributed by atoms with Crippen LogP contribution in [0.15, 0.2) is 73.3 Å². The third kappa shape index (κ3) is 3.82. The molecule has 4 heteroatoms. The standard InChI is InChI=1S/C26H30N4/c1-25(2,3)19-9-11-21(23(17-19)29-15-7-13-27-29)22-12-10-20(26(4,5)6)18-24(22)30-16-8-14-28-30/h7-18H,1-6H3. The summed E-state index contributed by atoms with van der Waals surface area (Å²) >= 11 is 0. The lowest BCUT2D eigenvalue weighted by atomic mass is 9.83. The van der Waals surface area contributed by atoms with Gasteiger partial charge in [-0.15, -0.1) is 0 Å². The molecule has 4 rings (SSSR count). The van der Waals surface area contributed by atoms with E-state index in [1.165, 1.54) is 11.1 Å². The fourth-order valence-electron chi connectivity index (χ4n) is 3.65. The van der Waals surface area contributed by atoms with Crippen molar-refractivity contribution in [2.24, 2.45) is 0 Å². The highest BCUT2D eigenvalue weighted by atomic mass is 15.3. The van der Waals surface area contributed by atoms with Gasteiger partial charge in [-0.05, 0) is 46.2 Å². The minimum atomic E-state index is 0.0569. The molecule has 0 radical (unpaired) electrons. The maximum atomic E-state index is 4.54. The summed E-state index contributed by atoms with van der Waals surface area (Å²) in [4.78, 5) is 0. The Morgan fingerprint density at radius 3 is 1.30 bits per heavy atom. The Morgan fingerprint density at radius 1 is 0.600 bits per heavy atom. The van der Waals surface area contributed by atoms with Crippen molar-refractivity contribution in [1.29, 1.82) is 0 Å². The van der Waals surface area contributed by atoms with Crippen LogP contribution in [0, 0.1) is 0 Å². The van der Waals surface area contributed by atoms with Crippen LogP contribution in [0.4, 0.5) is 0 Å². The summed E-state index contributed by atoms with van der Waals surface area (Å²) < 4.78 is 3.91. The number of aromatic nitrogens is 4. The average Bonchev–Trinajstić information content (AvgIpc) is 3.39. The van der Waals surface area contributed by atoms with Gasteiger partial charge >= 0.3 is 0 Å². The zero-order valence-corrected chi connectivity index (χ0v) is 18.7. The van der Waals surface area contributed by atoms with Crippen LogP contribution in [0.3, 0.4) is 0 Å². The predicted octanol–water partition coefficient (Wildman–Crippen LogP) is 6.32. The fourth-order valence-corrected chi connectivity index (χ4v) is 3.65. The normalized spacial score (nSPS) is 12.3. The van der Waals surface area contributed by atoms with Gasteiger partial charge in [0, 0.05) is 35.9 Å². The molecule has 0 spiro atoms. The molecule has 0 atom stereocenters. The zero-order chi connectivity index (χ0) is 21.5. The lowest BCUT2D eigenvalue weighted by Gasteiger charge is -2.24. The van der Waals surface area contributed by atoms with Gasteiger partial charge in [-0.1, -0.05) is 65.8 Å². The zero-order valence-electron chi connectivity index (χ0n) is 18.7. The van der Waals surface area contributed by atoms with Crippen molar-refractivity contribution in [2.75, 3.05) is 0 Å². The summed E-state index contributed by atoms with van der Waals surface area (Å²) in [5.74, 6) is 0.